The van der Waals surface area contributed by atoms with Gasteiger partial charge in [-0.15, -0.1) is 0 Å². The molecular formula is C7H10ClFN2O3. The van der Waals surface area contributed by atoms with Gasteiger partial charge >= 0.3 is 11.2 Å². The summed E-state index contributed by atoms with van der Waals surface area (Å²) in [7, 11) is 3.63. The second kappa shape index (κ2) is 3.36. The van der Waals surface area contributed by atoms with Crippen LogP contribution in [0.1, 0.15) is 0 Å². The summed E-state index contributed by atoms with van der Waals surface area (Å²) in [6.45, 7) is 0. The zero-order valence-corrected chi connectivity index (χ0v) is 8.71. The highest BCUT2D eigenvalue weighted by Crippen LogP contribution is 2.32. The summed E-state index contributed by atoms with van der Waals surface area (Å²) < 4.78 is 18.3. The Morgan fingerprint density at radius 3 is 2.43 bits per heavy atom. The maximum atomic E-state index is 13.7. The maximum Gasteiger partial charge on any atom is 0.328 e. The minimum absolute atomic E-state index is 0.614. The average molecular weight is 225 g/mol. The second-order valence-corrected chi connectivity index (χ2v) is 3.52. The van der Waals surface area contributed by atoms with Crippen molar-refractivity contribution in [1.29, 1.82) is 0 Å². The van der Waals surface area contributed by atoms with Gasteiger partial charge in [0, 0.05) is 21.2 Å². The number of hydrogen-bond donors (Lipinski definition) is 0. The maximum absolute atomic E-state index is 13.7. The number of carbonyl (C=O) groups excluding carboxylic acids is 2. The van der Waals surface area contributed by atoms with Crippen LogP contribution in [-0.2, 0) is 9.53 Å². The van der Waals surface area contributed by atoms with Crippen molar-refractivity contribution in [2.75, 3.05) is 21.2 Å². The Bertz CT molecular complexity index is 284. The highest BCUT2D eigenvalue weighted by Gasteiger charge is 2.56. The summed E-state index contributed by atoms with van der Waals surface area (Å²) >= 11 is 5.37. The van der Waals surface area contributed by atoms with E-state index in [-0.39, 0.29) is 0 Å². The molecule has 1 heterocycles. The Morgan fingerprint density at radius 1 is 1.50 bits per heavy atom. The third-order valence-electron chi connectivity index (χ3n) is 2.06. The summed E-state index contributed by atoms with van der Waals surface area (Å²) in [5.41, 5.74) is 0. The van der Waals surface area contributed by atoms with E-state index in [2.05, 4.69) is 4.74 Å². The SMILES string of the molecule is COC1N(C)C(=O)N(C)C(=O)C1(F)Cl. The van der Waals surface area contributed by atoms with Crippen LogP contribution in [-0.4, -0.2) is 54.3 Å². The first-order valence-electron chi connectivity index (χ1n) is 3.79. The number of hydrogen-bond acceptors (Lipinski definition) is 3. The molecule has 2 atom stereocenters. The van der Waals surface area contributed by atoms with Gasteiger partial charge in [-0.25, -0.2) is 9.18 Å². The van der Waals surface area contributed by atoms with E-state index in [9.17, 15) is 14.0 Å². The number of nitrogens with zero attached hydrogens (tertiary/aromatic N) is 2. The molecule has 5 nitrogen and oxygen atoms in total. The van der Waals surface area contributed by atoms with Gasteiger partial charge in [-0.2, -0.15) is 0 Å². The van der Waals surface area contributed by atoms with E-state index in [4.69, 9.17) is 11.6 Å². The number of imide groups is 1. The molecule has 0 aliphatic carbocycles. The van der Waals surface area contributed by atoms with Gasteiger partial charge in [-0.05, 0) is 0 Å². The Kier molecular flexibility index (Phi) is 2.69. The van der Waals surface area contributed by atoms with Crippen molar-refractivity contribution in [1.82, 2.24) is 9.80 Å². The van der Waals surface area contributed by atoms with Crippen molar-refractivity contribution < 1.29 is 18.7 Å². The number of urea groups is 1. The van der Waals surface area contributed by atoms with Gasteiger partial charge in [0.2, 0.25) is 0 Å². The molecule has 1 saturated heterocycles. The van der Waals surface area contributed by atoms with Crippen molar-refractivity contribution in [3.63, 3.8) is 0 Å². The van der Waals surface area contributed by atoms with Gasteiger partial charge in [-0.1, -0.05) is 11.6 Å². The molecule has 3 amide bonds. The summed E-state index contributed by atoms with van der Waals surface area (Å²) in [5.74, 6) is -1.12. The molecule has 80 valence electrons. The Morgan fingerprint density at radius 2 is 2.00 bits per heavy atom. The van der Waals surface area contributed by atoms with Crippen LogP contribution in [0.25, 0.3) is 0 Å². The molecule has 14 heavy (non-hydrogen) atoms. The van der Waals surface area contributed by atoms with Gasteiger partial charge < -0.3 is 4.74 Å². The molecule has 1 rings (SSSR count). The normalized spacial score (nSPS) is 33.9. The van der Waals surface area contributed by atoms with E-state index in [0.29, 0.717) is 4.90 Å². The predicted octanol–water partition coefficient (Wildman–Crippen LogP) is 0.387. The number of methoxy groups -OCH3 is 1. The van der Waals surface area contributed by atoms with Crippen molar-refractivity contribution in [3.8, 4) is 0 Å². The molecule has 1 aliphatic heterocycles. The monoisotopic (exact) mass is 224 g/mol. The number of ether oxygens (including phenoxy) is 1. The molecule has 2 unspecified atom stereocenters. The predicted molar refractivity (Wildman–Crippen MR) is 46.4 cm³/mol. The van der Waals surface area contributed by atoms with Crippen LogP contribution in [0.3, 0.4) is 0 Å². The zero-order chi connectivity index (χ0) is 11.1. The van der Waals surface area contributed by atoms with E-state index >= 15 is 0 Å². The van der Waals surface area contributed by atoms with Gasteiger partial charge in [-0.3, -0.25) is 14.6 Å². The number of amides is 3. The number of halogens is 2. The molecule has 0 aromatic carbocycles. The zero-order valence-electron chi connectivity index (χ0n) is 7.95. The number of carbonyl (C=O) groups is 2. The standard InChI is InChI=1S/C7H10ClFN2O3/c1-10-4(12)7(8,9)5(14-3)11(2)6(10)13/h5H,1-3H3. The lowest BCUT2D eigenvalue weighted by Gasteiger charge is -2.40. The molecule has 0 N–H and O–H groups in total. The first-order valence-corrected chi connectivity index (χ1v) is 4.17. The van der Waals surface area contributed by atoms with Crippen LogP contribution in [0.2, 0.25) is 0 Å². The smallest absolute Gasteiger partial charge is 0.328 e. The molecular weight excluding hydrogens is 215 g/mol. The van der Waals surface area contributed by atoms with E-state index in [0.717, 1.165) is 11.9 Å². The summed E-state index contributed by atoms with van der Waals surface area (Å²) in [5, 5.41) is -2.73. The summed E-state index contributed by atoms with van der Waals surface area (Å²) in [6.07, 6.45) is -1.40. The van der Waals surface area contributed by atoms with Gasteiger partial charge in [0.15, 0.2) is 6.23 Å². The van der Waals surface area contributed by atoms with Gasteiger partial charge in [0.25, 0.3) is 5.91 Å². The number of alkyl halides is 2. The van der Waals surface area contributed by atoms with E-state index in [1.54, 1.807) is 0 Å². The van der Waals surface area contributed by atoms with Crippen LogP contribution < -0.4 is 0 Å². The van der Waals surface area contributed by atoms with Crippen LogP contribution in [0.15, 0.2) is 0 Å². The Balaban J connectivity index is 3.09. The molecule has 0 bridgehead atoms. The lowest BCUT2D eigenvalue weighted by molar-refractivity contribution is -0.157. The van der Waals surface area contributed by atoms with E-state index in [1.165, 1.54) is 14.2 Å². The lowest BCUT2D eigenvalue weighted by Crippen LogP contribution is -2.65. The van der Waals surface area contributed by atoms with Crippen LogP contribution >= 0.6 is 11.6 Å². The third-order valence-corrected chi connectivity index (χ3v) is 2.41. The molecule has 0 radical (unpaired) electrons. The fraction of sp³-hybridized carbons (Fsp3) is 0.714. The van der Waals surface area contributed by atoms with E-state index < -0.39 is 23.3 Å². The molecule has 0 spiro atoms. The van der Waals surface area contributed by atoms with Crippen molar-refractivity contribution in [3.05, 3.63) is 0 Å². The van der Waals surface area contributed by atoms with Crippen LogP contribution in [0, 0.1) is 0 Å². The Hall–Kier alpha value is -0.880. The summed E-state index contributed by atoms with van der Waals surface area (Å²) in [4.78, 5) is 24.1. The van der Waals surface area contributed by atoms with Crippen LogP contribution in [0.5, 0.6) is 0 Å². The van der Waals surface area contributed by atoms with Gasteiger partial charge in [0.05, 0.1) is 0 Å². The van der Waals surface area contributed by atoms with Crippen molar-refractivity contribution in [2.24, 2.45) is 0 Å². The van der Waals surface area contributed by atoms with Crippen LogP contribution in [0.4, 0.5) is 9.18 Å². The molecule has 0 aromatic rings. The molecule has 7 heteroatoms. The average Bonchev–Trinajstić information content (AvgIpc) is 2.13. The minimum atomic E-state index is -2.73. The summed E-state index contributed by atoms with van der Waals surface area (Å²) in [6, 6.07) is -0.657. The second-order valence-electron chi connectivity index (χ2n) is 2.97. The largest absolute Gasteiger partial charge is 0.356 e. The molecule has 1 aliphatic rings. The van der Waals surface area contributed by atoms with Crippen molar-refractivity contribution >= 4 is 23.5 Å². The minimum Gasteiger partial charge on any atom is -0.356 e. The first-order chi connectivity index (χ1) is 6.34. The quantitative estimate of drug-likeness (QED) is 0.606. The van der Waals surface area contributed by atoms with Crippen molar-refractivity contribution in [2.45, 2.75) is 11.4 Å². The molecule has 0 aromatic heterocycles. The number of rotatable bonds is 1. The Labute approximate surface area is 85.3 Å². The highest BCUT2D eigenvalue weighted by atomic mass is 35.5. The fourth-order valence-corrected chi connectivity index (χ4v) is 1.66. The van der Waals surface area contributed by atoms with E-state index in [1.807, 2.05) is 0 Å². The molecule has 1 fully saturated rings. The topological polar surface area (TPSA) is 49.9 Å². The first kappa shape index (κ1) is 11.2. The molecule has 0 saturated carbocycles. The third kappa shape index (κ3) is 1.34. The van der Waals surface area contributed by atoms with Gasteiger partial charge in [0.1, 0.15) is 0 Å². The highest BCUT2D eigenvalue weighted by molar-refractivity contribution is 6.35. The lowest BCUT2D eigenvalue weighted by atomic mass is 10.2. The fourth-order valence-electron chi connectivity index (χ4n) is 1.30.